The molecule has 1 saturated carbocycles. The van der Waals surface area contributed by atoms with E-state index in [0.717, 1.165) is 30.9 Å². The summed E-state index contributed by atoms with van der Waals surface area (Å²) < 4.78 is 94.8. The van der Waals surface area contributed by atoms with Gasteiger partial charge in [-0.1, -0.05) is 67.4 Å². The molecule has 3 aromatic carbocycles. The molecule has 19 heteroatoms. The Labute approximate surface area is 332 Å². The Balaban J connectivity index is 0.00000673. The largest absolute Gasteiger partial charge is 1.00 e. The Morgan fingerprint density at radius 3 is 2.07 bits per heavy atom. The van der Waals surface area contributed by atoms with Crippen molar-refractivity contribution in [1.82, 2.24) is 15.1 Å². The predicted octanol–water partition coefficient (Wildman–Crippen LogP) is 2.45. The molecule has 2 fully saturated rings. The number of para-hydroxylation sites is 1. The molecule has 3 aromatic rings. The molecule has 0 spiro atoms. The minimum atomic E-state index is -6.44. The fraction of sp³-hybridized carbons (Fsp3) is 0.361. The zero-order valence-electron chi connectivity index (χ0n) is 29.7. The summed E-state index contributed by atoms with van der Waals surface area (Å²) in [5.74, 6) is -6.34. The number of carboxylic acid groups (broad SMARTS) is 1. The van der Waals surface area contributed by atoms with Crippen LogP contribution in [-0.4, -0.2) is 70.7 Å². The van der Waals surface area contributed by atoms with Crippen molar-refractivity contribution < 1.29 is 89.7 Å². The van der Waals surface area contributed by atoms with Gasteiger partial charge in [0, 0.05) is 24.6 Å². The molecule has 5 rings (SSSR count). The molecule has 2 aliphatic rings. The topological polar surface area (TPSA) is 160 Å². The van der Waals surface area contributed by atoms with Gasteiger partial charge in [0.25, 0.3) is 5.91 Å². The number of nitrogens with zero attached hydrogens (tertiary/aromatic N) is 2. The van der Waals surface area contributed by atoms with Crippen LogP contribution in [-0.2, 0) is 20.9 Å². The van der Waals surface area contributed by atoms with Crippen LogP contribution in [0.3, 0.4) is 0 Å². The van der Waals surface area contributed by atoms with Crippen LogP contribution in [0.5, 0.6) is 5.75 Å². The third-order valence-corrected chi connectivity index (χ3v) is 9.20. The average molecular weight is 786 g/mol. The summed E-state index contributed by atoms with van der Waals surface area (Å²) in [6.45, 7) is 0.291. The summed E-state index contributed by atoms with van der Waals surface area (Å²) in [4.78, 5) is 64.7. The van der Waals surface area contributed by atoms with E-state index in [-0.39, 0.29) is 57.0 Å². The van der Waals surface area contributed by atoms with E-state index in [4.69, 9.17) is 4.74 Å². The van der Waals surface area contributed by atoms with E-state index in [1.54, 1.807) is 37.3 Å². The predicted molar refractivity (Wildman–Crippen MR) is 178 cm³/mol. The number of rotatable bonds is 13. The number of imide groups is 1. The van der Waals surface area contributed by atoms with Gasteiger partial charge in [-0.2, -0.15) is 26.3 Å². The van der Waals surface area contributed by atoms with Gasteiger partial charge in [-0.15, -0.1) is 0 Å². The van der Waals surface area contributed by atoms with Crippen molar-refractivity contribution in [2.45, 2.75) is 69.1 Å². The number of carboxylic acids is 1. The third-order valence-electron chi connectivity index (χ3n) is 9.20. The van der Waals surface area contributed by atoms with Gasteiger partial charge in [-0.3, -0.25) is 14.5 Å². The van der Waals surface area contributed by atoms with Gasteiger partial charge in [-0.25, -0.2) is 14.5 Å². The van der Waals surface area contributed by atoms with E-state index in [2.05, 4.69) is 16.0 Å². The van der Waals surface area contributed by atoms with E-state index in [1.165, 1.54) is 24.3 Å². The summed E-state index contributed by atoms with van der Waals surface area (Å²) in [5, 5.41) is 18.9. The number of carbonyl (C=O) groups excluding carboxylic acids is 5. The minimum Gasteiger partial charge on any atom is -0.550 e. The van der Waals surface area contributed by atoms with Crippen LogP contribution < -0.4 is 55.4 Å². The van der Waals surface area contributed by atoms with Crippen molar-refractivity contribution in [3.8, 4) is 5.75 Å². The van der Waals surface area contributed by atoms with Crippen LogP contribution >= 0.6 is 0 Å². The number of alkyl halides is 6. The van der Waals surface area contributed by atoms with Crippen molar-refractivity contribution in [1.29, 1.82) is 0 Å². The first-order valence-corrected chi connectivity index (χ1v) is 16.5. The van der Waals surface area contributed by atoms with E-state index in [9.17, 15) is 55.4 Å². The van der Waals surface area contributed by atoms with Gasteiger partial charge < -0.3 is 30.6 Å². The summed E-state index contributed by atoms with van der Waals surface area (Å²) in [5.41, 5.74) is -4.44. The summed E-state index contributed by atoms with van der Waals surface area (Å²) in [6, 6.07) is 11.0. The number of carbonyl (C=O) groups is 5. The van der Waals surface area contributed by atoms with Crippen LogP contribution in [0.4, 0.5) is 47.3 Å². The van der Waals surface area contributed by atoms with Crippen LogP contribution in [0, 0.1) is 12.8 Å². The second kappa shape index (κ2) is 16.9. The first-order chi connectivity index (χ1) is 25.4. The maximum absolute atomic E-state index is 14.9. The maximum Gasteiger partial charge on any atom is 1.00 e. The average Bonchev–Trinajstić information content (AvgIpc) is 3.88. The number of halogens is 6. The Hall–Kier alpha value is -4.81. The van der Waals surface area contributed by atoms with Gasteiger partial charge in [-0.05, 0) is 54.2 Å². The molecule has 1 saturated heterocycles. The first-order valence-electron chi connectivity index (χ1n) is 16.5. The number of hydrogen-bond donors (Lipinski definition) is 3. The Bertz CT molecular complexity index is 1910. The Morgan fingerprint density at radius 1 is 0.909 bits per heavy atom. The van der Waals surface area contributed by atoms with Crippen molar-refractivity contribution >= 4 is 41.2 Å². The van der Waals surface area contributed by atoms with Crippen LogP contribution in [0.15, 0.2) is 72.8 Å². The standard InChI is InChI=1S/C36H35F6N5O7.Na/c1-20-8-6-7-11-24(20)44-32(52)45-25-15-14-22(17-28(25)54-2)19-46-33(53)47(31(51)34(46,35(37,38)39)36(40,41)42)27(16-21-12-13-21)30(50)43-26(18-29(48)49)23-9-4-3-5-10-23;/h3-11,14-15,17,21,26-27H,12-13,16,18-19H2,1-2H3,(H,43,50)(H,48,49)(H2,44,45,52);/q;+1/p-1/t26-,27-;/m0./s1. The zero-order valence-corrected chi connectivity index (χ0v) is 31.7. The van der Waals surface area contributed by atoms with E-state index >= 15 is 0 Å². The van der Waals surface area contributed by atoms with Crippen molar-refractivity contribution in [3.63, 3.8) is 0 Å². The molecular weight excluding hydrogens is 751 g/mol. The monoisotopic (exact) mass is 785 g/mol. The summed E-state index contributed by atoms with van der Waals surface area (Å²) in [6.07, 6.45) is -13.4. The number of ether oxygens (including phenoxy) is 1. The van der Waals surface area contributed by atoms with Crippen LogP contribution in [0.2, 0.25) is 0 Å². The normalized spacial score (nSPS) is 16.5. The Kier molecular flexibility index (Phi) is 13.2. The molecule has 1 aliphatic carbocycles. The molecule has 1 aliphatic heterocycles. The molecule has 3 N–H and O–H groups in total. The number of benzene rings is 3. The molecule has 55 heavy (non-hydrogen) atoms. The number of amides is 6. The van der Waals surface area contributed by atoms with Crippen molar-refractivity contribution in [2.75, 3.05) is 17.7 Å². The number of methoxy groups -OCH3 is 1. The van der Waals surface area contributed by atoms with Gasteiger partial charge in [0.2, 0.25) is 5.91 Å². The van der Waals surface area contributed by atoms with E-state index in [1.807, 2.05) is 0 Å². The molecule has 6 amide bonds. The second-order valence-electron chi connectivity index (χ2n) is 12.9. The van der Waals surface area contributed by atoms with Crippen molar-refractivity contribution in [2.24, 2.45) is 5.92 Å². The molecule has 2 atom stereocenters. The van der Waals surface area contributed by atoms with E-state index in [0.29, 0.717) is 18.5 Å². The zero-order chi connectivity index (χ0) is 39.6. The van der Waals surface area contributed by atoms with Crippen molar-refractivity contribution in [3.05, 3.63) is 89.5 Å². The SMILES string of the molecule is COc1cc(CN2C(=O)N([C@@H](CC3CC3)C(=O)N[C@@H](CC(=O)[O-])c3ccccc3)C(=O)C2(C(F)(F)F)C(F)(F)F)ccc1NC(=O)Nc1ccccc1C.[Na+]. The fourth-order valence-electron chi connectivity index (χ4n) is 6.30. The van der Waals surface area contributed by atoms with E-state index < -0.39 is 90.0 Å². The number of aryl methyl sites for hydroxylation is 1. The van der Waals surface area contributed by atoms with Gasteiger partial charge in [0.1, 0.15) is 11.8 Å². The van der Waals surface area contributed by atoms with Gasteiger partial charge in [0.15, 0.2) is 0 Å². The van der Waals surface area contributed by atoms with Crippen LogP contribution in [0.1, 0.15) is 48.4 Å². The first kappa shape index (κ1) is 42.9. The van der Waals surface area contributed by atoms with Gasteiger partial charge in [0.05, 0.1) is 18.8 Å². The number of hydrogen-bond acceptors (Lipinski definition) is 7. The smallest absolute Gasteiger partial charge is 0.550 e. The summed E-state index contributed by atoms with van der Waals surface area (Å²) in [7, 11) is 1.12. The number of anilines is 2. The maximum atomic E-state index is 14.9. The second-order valence-corrected chi connectivity index (χ2v) is 12.9. The third kappa shape index (κ3) is 9.02. The number of urea groups is 2. The molecule has 0 bridgehead atoms. The number of nitrogens with one attached hydrogen (secondary N) is 3. The molecule has 0 aromatic heterocycles. The molecule has 0 unspecified atom stereocenters. The molecule has 0 radical (unpaired) electrons. The fourth-order valence-corrected chi connectivity index (χ4v) is 6.30. The minimum absolute atomic E-state index is 0. The van der Waals surface area contributed by atoms with Crippen LogP contribution in [0.25, 0.3) is 0 Å². The molecule has 12 nitrogen and oxygen atoms in total. The molecule has 1 heterocycles. The molecule has 288 valence electrons. The Morgan fingerprint density at radius 2 is 1.51 bits per heavy atom. The number of aliphatic carboxylic acids is 1. The van der Waals surface area contributed by atoms with Gasteiger partial charge >= 0.3 is 59.5 Å². The molecular formula is C36H34F6N5NaO7. The summed E-state index contributed by atoms with van der Waals surface area (Å²) >= 11 is 0. The quantitative estimate of drug-likeness (QED) is 0.136.